The number of ether oxygens (including phenoxy) is 2. The molecule has 158 valence electrons. The number of sulfonamides is 1. The zero-order valence-corrected chi connectivity index (χ0v) is 17.1. The first-order valence-corrected chi connectivity index (χ1v) is 11.4. The zero-order valence-electron chi connectivity index (χ0n) is 16.2. The maximum atomic E-state index is 12.8. The molecule has 3 amide bonds. The molecule has 0 radical (unpaired) electrons. The van der Waals surface area contributed by atoms with Gasteiger partial charge in [0.1, 0.15) is 19.8 Å². The molecule has 3 aliphatic heterocycles. The van der Waals surface area contributed by atoms with Crippen molar-refractivity contribution in [3.63, 3.8) is 0 Å². The van der Waals surface area contributed by atoms with Crippen LogP contribution in [0.2, 0.25) is 0 Å². The molecular weight excluding hydrogens is 400 g/mol. The topological polar surface area (TPSA) is 99.7 Å². The van der Waals surface area contributed by atoms with Gasteiger partial charge in [-0.1, -0.05) is 0 Å². The van der Waals surface area contributed by atoms with Crippen LogP contribution in [0.25, 0.3) is 0 Å². The Labute approximate surface area is 169 Å². The van der Waals surface area contributed by atoms with Crippen LogP contribution in [0, 0.1) is 0 Å². The minimum Gasteiger partial charge on any atom is -0.486 e. The number of carbonyl (C=O) groups is 2. The number of anilines is 1. The van der Waals surface area contributed by atoms with Crippen LogP contribution in [-0.2, 0) is 14.8 Å². The molecule has 11 heteroatoms. The molecule has 29 heavy (non-hydrogen) atoms. The summed E-state index contributed by atoms with van der Waals surface area (Å²) >= 11 is 0. The van der Waals surface area contributed by atoms with E-state index in [1.807, 2.05) is 0 Å². The first-order valence-electron chi connectivity index (χ1n) is 9.52. The summed E-state index contributed by atoms with van der Waals surface area (Å²) in [6.07, 6.45) is 1.17. The molecule has 0 spiro atoms. The van der Waals surface area contributed by atoms with E-state index in [0.29, 0.717) is 56.6 Å². The fourth-order valence-corrected chi connectivity index (χ4v) is 4.53. The smallest absolute Gasteiger partial charge is 0.325 e. The molecule has 10 nitrogen and oxygen atoms in total. The van der Waals surface area contributed by atoms with Gasteiger partial charge >= 0.3 is 6.03 Å². The summed E-state index contributed by atoms with van der Waals surface area (Å²) in [5.41, 5.74) is 0.705. The molecule has 3 heterocycles. The second-order valence-corrected chi connectivity index (χ2v) is 9.21. The molecular formula is C18H24N4O6S. The molecule has 3 aliphatic rings. The van der Waals surface area contributed by atoms with Crippen molar-refractivity contribution < 1.29 is 27.5 Å². The Bertz CT molecular complexity index is 913. The summed E-state index contributed by atoms with van der Waals surface area (Å²) in [6.45, 7) is 3.11. The number of hydrogen-bond acceptors (Lipinski definition) is 6. The summed E-state index contributed by atoms with van der Waals surface area (Å²) in [7, 11) is -3.25. The van der Waals surface area contributed by atoms with Crippen molar-refractivity contribution in [3.05, 3.63) is 18.2 Å². The van der Waals surface area contributed by atoms with E-state index in [4.69, 9.17) is 9.47 Å². The van der Waals surface area contributed by atoms with Crippen LogP contribution in [0.1, 0.15) is 0 Å². The first kappa shape index (κ1) is 19.8. The zero-order chi connectivity index (χ0) is 20.6. The number of nitrogens with zero attached hydrogens (tertiary/aromatic N) is 4. The molecule has 4 rings (SSSR count). The van der Waals surface area contributed by atoms with Crippen LogP contribution in [-0.4, -0.2) is 99.7 Å². The third-order valence-corrected chi connectivity index (χ3v) is 6.62. The number of fused-ring (bicyclic) bond motifs is 1. The first-order chi connectivity index (χ1) is 13.8. The number of benzene rings is 1. The molecule has 0 atom stereocenters. The average molecular weight is 424 g/mol. The van der Waals surface area contributed by atoms with Gasteiger partial charge in [0.25, 0.3) is 0 Å². The van der Waals surface area contributed by atoms with Crippen molar-refractivity contribution in [1.29, 1.82) is 0 Å². The van der Waals surface area contributed by atoms with Crippen LogP contribution in [0.4, 0.5) is 10.5 Å². The summed E-state index contributed by atoms with van der Waals surface area (Å²) < 4.78 is 35.6. The third-order valence-electron chi connectivity index (χ3n) is 5.32. The van der Waals surface area contributed by atoms with Gasteiger partial charge in [-0.15, -0.1) is 0 Å². The Hall–Kier alpha value is -2.53. The van der Waals surface area contributed by atoms with E-state index >= 15 is 0 Å². The lowest BCUT2D eigenvalue weighted by Crippen LogP contribution is -2.52. The lowest BCUT2D eigenvalue weighted by atomic mass is 10.2. The average Bonchev–Trinajstić information content (AvgIpc) is 3.07. The summed E-state index contributed by atoms with van der Waals surface area (Å²) in [5.74, 6) is 1.10. The van der Waals surface area contributed by atoms with Gasteiger partial charge in [-0.25, -0.2) is 13.2 Å². The maximum absolute atomic E-state index is 12.8. The standard InChI is InChI=1S/C18H24N4O6S/c1-29(25,26)21-7-4-19(5-8-21)17(23)13-20-6-9-22(18(20)24)14-2-3-15-16(12-14)28-11-10-27-15/h2-3,12H,4-11,13H2,1H3. The van der Waals surface area contributed by atoms with Crippen molar-refractivity contribution in [3.8, 4) is 11.5 Å². The van der Waals surface area contributed by atoms with Gasteiger partial charge in [0.15, 0.2) is 11.5 Å². The van der Waals surface area contributed by atoms with E-state index in [1.165, 1.54) is 15.5 Å². The number of hydrogen-bond donors (Lipinski definition) is 0. The molecule has 0 aromatic heterocycles. The minimum atomic E-state index is -3.25. The SMILES string of the molecule is CS(=O)(=O)N1CCN(C(=O)CN2CCN(c3ccc4c(c3)OCCO4)C2=O)CC1. The molecule has 2 saturated heterocycles. The summed E-state index contributed by atoms with van der Waals surface area (Å²) in [6, 6.07) is 5.14. The van der Waals surface area contributed by atoms with Gasteiger partial charge in [0, 0.05) is 51.0 Å². The Balaban J connectivity index is 1.35. The number of piperazine rings is 1. The molecule has 0 bridgehead atoms. The van der Waals surface area contributed by atoms with Crippen LogP contribution < -0.4 is 14.4 Å². The van der Waals surface area contributed by atoms with E-state index in [9.17, 15) is 18.0 Å². The van der Waals surface area contributed by atoms with Crippen LogP contribution in [0.5, 0.6) is 11.5 Å². The van der Waals surface area contributed by atoms with Gasteiger partial charge in [-0.2, -0.15) is 4.31 Å². The number of urea groups is 1. The Morgan fingerprint density at radius 2 is 1.69 bits per heavy atom. The van der Waals surface area contributed by atoms with Crippen molar-refractivity contribution >= 4 is 27.6 Å². The fraction of sp³-hybridized carbons (Fsp3) is 0.556. The third kappa shape index (κ3) is 4.10. The molecule has 1 aromatic carbocycles. The van der Waals surface area contributed by atoms with E-state index in [2.05, 4.69) is 0 Å². The van der Waals surface area contributed by atoms with Crippen molar-refractivity contribution in [2.24, 2.45) is 0 Å². The fourth-order valence-electron chi connectivity index (χ4n) is 3.70. The van der Waals surface area contributed by atoms with Crippen LogP contribution in [0.15, 0.2) is 18.2 Å². The molecule has 0 N–H and O–H groups in total. The number of carbonyl (C=O) groups excluding carboxylic acids is 2. The Kier molecular flexibility index (Phi) is 5.26. The second kappa shape index (κ2) is 7.71. The van der Waals surface area contributed by atoms with Crippen molar-refractivity contribution in [2.45, 2.75) is 0 Å². The monoisotopic (exact) mass is 424 g/mol. The predicted octanol–water partition coefficient (Wildman–Crippen LogP) is -0.196. The highest BCUT2D eigenvalue weighted by Crippen LogP contribution is 2.35. The largest absolute Gasteiger partial charge is 0.486 e. The van der Waals surface area contributed by atoms with Crippen LogP contribution >= 0.6 is 0 Å². The number of amides is 3. The highest BCUT2D eigenvalue weighted by Gasteiger charge is 2.34. The van der Waals surface area contributed by atoms with Gasteiger partial charge in [0.05, 0.1) is 6.26 Å². The second-order valence-electron chi connectivity index (χ2n) is 7.23. The molecule has 2 fully saturated rings. The van der Waals surface area contributed by atoms with E-state index in [-0.39, 0.29) is 31.6 Å². The Morgan fingerprint density at radius 3 is 2.38 bits per heavy atom. The lowest BCUT2D eigenvalue weighted by Gasteiger charge is -2.34. The quantitative estimate of drug-likeness (QED) is 0.664. The van der Waals surface area contributed by atoms with Gasteiger partial charge in [-0.3, -0.25) is 9.69 Å². The van der Waals surface area contributed by atoms with Crippen molar-refractivity contribution in [2.75, 3.05) is 70.2 Å². The Morgan fingerprint density at radius 1 is 1.00 bits per heavy atom. The summed E-state index contributed by atoms with van der Waals surface area (Å²) in [4.78, 5) is 30.1. The predicted molar refractivity (Wildman–Crippen MR) is 105 cm³/mol. The van der Waals surface area contributed by atoms with E-state index < -0.39 is 10.0 Å². The maximum Gasteiger partial charge on any atom is 0.325 e. The number of rotatable bonds is 4. The highest BCUT2D eigenvalue weighted by molar-refractivity contribution is 7.88. The summed E-state index contributed by atoms with van der Waals surface area (Å²) in [5, 5.41) is 0. The highest BCUT2D eigenvalue weighted by atomic mass is 32.2. The van der Waals surface area contributed by atoms with E-state index in [0.717, 1.165) is 0 Å². The normalized spacial score (nSPS) is 20.3. The lowest BCUT2D eigenvalue weighted by molar-refractivity contribution is -0.132. The van der Waals surface area contributed by atoms with Gasteiger partial charge < -0.3 is 19.3 Å². The van der Waals surface area contributed by atoms with Crippen LogP contribution in [0.3, 0.4) is 0 Å². The molecule has 0 unspecified atom stereocenters. The van der Waals surface area contributed by atoms with Crippen molar-refractivity contribution in [1.82, 2.24) is 14.1 Å². The molecule has 0 aliphatic carbocycles. The van der Waals surface area contributed by atoms with E-state index in [1.54, 1.807) is 28.0 Å². The minimum absolute atomic E-state index is 0.0151. The molecule has 1 aromatic rings. The van der Waals surface area contributed by atoms with Gasteiger partial charge in [-0.05, 0) is 12.1 Å². The van der Waals surface area contributed by atoms with Gasteiger partial charge in [0.2, 0.25) is 15.9 Å². The molecule has 0 saturated carbocycles.